The van der Waals surface area contributed by atoms with Gasteiger partial charge in [-0.2, -0.15) is 0 Å². The summed E-state index contributed by atoms with van der Waals surface area (Å²) in [6.45, 7) is 3.31. The van der Waals surface area contributed by atoms with Crippen LogP contribution in [-0.2, 0) is 0 Å². The Hall–Kier alpha value is -2.27. The topological polar surface area (TPSA) is 57.5 Å². The van der Waals surface area contributed by atoms with Crippen molar-refractivity contribution in [2.75, 3.05) is 32.0 Å². The maximum atomic E-state index is 12.5. The van der Waals surface area contributed by atoms with Crippen LogP contribution >= 0.6 is 0 Å². The van der Waals surface area contributed by atoms with Crippen LogP contribution in [0.1, 0.15) is 23.4 Å². The molecule has 1 amide bonds. The predicted octanol–water partition coefficient (Wildman–Crippen LogP) is 2.81. The first-order chi connectivity index (χ1) is 11.7. The van der Waals surface area contributed by atoms with E-state index in [9.17, 15) is 4.79 Å². The SMILES string of the molecule is CNc1ccc(-c2ccc(C(=O)NC3CN4CCC3CC4)o2)cc1. The fraction of sp³-hybridized carbons (Fsp3) is 0.421. The van der Waals surface area contributed by atoms with Crippen molar-refractivity contribution in [1.29, 1.82) is 0 Å². The number of carbonyl (C=O) groups excluding carboxylic acids is 1. The van der Waals surface area contributed by atoms with Gasteiger partial charge in [-0.1, -0.05) is 0 Å². The molecule has 4 heterocycles. The number of fused-ring (bicyclic) bond motifs is 3. The van der Waals surface area contributed by atoms with Gasteiger partial charge in [0.25, 0.3) is 5.91 Å². The second-order valence-corrected chi connectivity index (χ2v) is 6.71. The number of nitrogens with one attached hydrogen (secondary N) is 2. The van der Waals surface area contributed by atoms with Crippen molar-refractivity contribution in [3.63, 3.8) is 0 Å². The van der Waals surface area contributed by atoms with Crippen LogP contribution in [-0.4, -0.2) is 43.5 Å². The molecular weight excluding hydrogens is 302 g/mol. The second kappa shape index (κ2) is 6.32. The normalized spacial score (nSPS) is 25.5. The van der Waals surface area contributed by atoms with Crippen LogP contribution in [0.5, 0.6) is 0 Å². The standard InChI is InChI=1S/C19H23N3O2/c1-20-15-4-2-14(3-5-15)17-6-7-18(24-17)19(23)21-16-12-22-10-8-13(16)9-11-22/h2-7,13,16,20H,8-12H2,1H3,(H,21,23). The molecule has 2 bridgehead atoms. The minimum absolute atomic E-state index is 0.105. The van der Waals surface area contributed by atoms with Gasteiger partial charge < -0.3 is 20.0 Å². The van der Waals surface area contributed by atoms with Gasteiger partial charge >= 0.3 is 0 Å². The molecule has 0 saturated carbocycles. The number of carbonyl (C=O) groups is 1. The number of rotatable bonds is 4. The van der Waals surface area contributed by atoms with Gasteiger partial charge in [-0.15, -0.1) is 0 Å². The molecule has 0 aliphatic carbocycles. The summed E-state index contributed by atoms with van der Waals surface area (Å²) >= 11 is 0. The van der Waals surface area contributed by atoms with Crippen molar-refractivity contribution < 1.29 is 9.21 Å². The number of anilines is 1. The van der Waals surface area contributed by atoms with E-state index in [0.717, 1.165) is 23.6 Å². The molecule has 2 N–H and O–H groups in total. The van der Waals surface area contributed by atoms with E-state index < -0.39 is 0 Å². The molecule has 3 aliphatic rings. The Balaban J connectivity index is 1.44. The number of nitrogens with zero attached hydrogens (tertiary/aromatic N) is 1. The Morgan fingerprint density at radius 1 is 1.12 bits per heavy atom. The smallest absolute Gasteiger partial charge is 0.287 e. The van der Waals surface area contributed by atoms with Crippen LogP contribution in [0.3, 0.4) is 0 Å². The van der Waals surface area contributed by atoms with Crippen molar-refractivity contribution in [3.8, 4) is 11.3 Å². The molecule has 1 unspecified atom stereocenters. The van der Waals surface area contributed by atoms with Gasteiger partial charge in [-0.3, -0.25) is 4.79 Å². The van der Waals surface area contributed by atoms with Crippen LogP contribution in [0, 0.1) is 5.92 Å². The van der Waals surface area contributed by atoms with Gasteiger partial charge in [-0.05, 0) is 68.2 Å². The lowest BCUT2D eigenvalue weighted by molar-refractivity contribution is 0.0606. The summed E-state index contributed by atoms with van der Waals surface area (Å²) in [5.41, 5.74) is 2.02. The van der Waals surface area contributed by atoms with E-state index in [1.165, 1.54) is 25.9 Å². The predicted molar refractivity (Wildman–Crippen MR) is 94.1 cm³/mol. The summed E-state index contributed by atoms with van der Waals surface area (Å²) < 4.78 is 5.78. The van der Waals surface area contributed by atoms with Crippen molar-refractivity contribution in [2.45, 2.75) is 18.9 Å². The molecule has 3 aliphatic heterocycles. The lowest BCUT2D eigenvalue weighted by Gasteiger charge is -2.44. The summed E-state index contributed by atoms with van der Waals surface area (Å²) in [5, 5.41) is 6.25. The van der Waals surface area contributed by atoms with Crippen molar-refractivity contribution in [1.82, 2.24) is 10.2 Å². The van der Waals surface area contributed by atoms with E-state index in [1.54, 1.807) is 6.07 Å². The molecule has 5 nitrogen and oxygen atoms in total. The zero-order valence-corrected chi connectivity index (χ0v) is 13.9. The Kier molecular flexibility index (Phi) is 4.02. The average Bonchev–Trinajstić information content (AvgIpc) is 3.13. The second-order valence-electron chi connectivity index (χ2n) is 6.71. The Morgan fingerprint density at radius 2 is 1.88 bits per heavy atom. The maximum Gasteiger partial charge on any atom is 0.287 e. The number of benzene rings is 1. The first kappa shape index (κ1) is 15.3. The summed E-state index contributed by atoms with van der Waals surface area (Å²) in [6.07, 6.45) is 2.37. The molecule has 5 heteroatoms. The fourth-order valence-corrected chi connectivity index (χ4v) is 3.78. The third kappa shape index (κ3) is 2.91. The number of furan rings is 1. The molecule has 2 aromatic rings. The van der Waals surface area contributed by atoms with Crippen molar-refractivity contribution in [2.24, 2.45) is 5.92 Å². The zero-order chi connectivity index (χ0) is 16.5. The van der Waals surface area contributed by atoms with E-state index in [-0.39, 0.29) is 11.9 Å². The lowest BCUT2D eigenvalue weighted by atomic mass is 9.84. The van der Waals surface area contributed by atoms with Crippen LogP contribution in [0.4, 0.5) is 5.69 Å². The van der Waals surface area contributed by atoms with Crippen LogP contribution in [0.25, 0.3) is 11.3 Å². The molecule has 1 aromatic heterocycles. The van der Waals surface area contributed by atoms with Crippen LogP contribution < -0.4 is 10.6 Å². The monoisotopic (exact) mass is 325 g/mol. The van der Waals surface area contributed by atoms with E-state index >= 15 is 0 Å². The third-order valence-electron chi connectivity index (χ3n) is 5.26. The molecule has 1 aromatic carbocycles. The Labute approximate surface area is 142 Å². The van der Waals surface area contributed by atoms with E-state index in [1.807, 2.05) is 37.4 Å². The highest BCUT2D eigenvalue weighted by molar-refractivity contribution is 5.92. The first-order valence-corrected chi connectivity index (χ1v) is 8.64. The van der Waals surface area contributed by atoms with E-state index in [2.05, 4.69) is 15.5 Å². The molecule has 126 valence electrons. The molecule has 3 fully saturated rings. The maximum absolute atomic E-state index is 12.5. The summed E-state index contributed by atoms with van der Waals surface area (Å²) in [5.74, 6) is 1.62. The van der Waals surface area contributed by atoms with Gasteiger partial charge in [0.05, 0.1) is 0 Å². The van der Waals surface area contributed by atoms with Crippen molar-refractivity contribution in [3.05, 3.63) is 42.2 Å². The third-order valence-corrected chi connectivity index (χ3v) is 5.26. The van der Waals surface area contributed by atoms with E-state index in [0.29, 0.717) is 11.7 Å². The van der Waals surface area contributed by atoms with Gasteiger partial charge in [0.2, 0.25) is 0 Å². The van der Waals surface area contributed by atoms with Gasteiger partial charge in [0.15, 0.2) is 5.76 Å². The molecule has 0 radical (unpaired) electrons. The quantitative estimate of drug-likeness (QED) is 0.907. The largest absolute Gasteiger partial charge is 0.451 e. The number of hydrogen-bond donors (Lipinski definition) is 2. The Morgan fingerprint density at radius 3 is 2.50 bits per heavy atom. The number of hydrogen-bond acceptors (Lipinski definition) is 4. The minimum Gasteiger partial charge on any atom is -0.451 e. The number of amides is 1. The molecule has 5 rings (SSSR count). The van der Waals surface area contributed by atoms with Crippen molar-refractivity contribution >= 4 is 11.6 Å². The number of piperidine rings is 3. The lowest BCUT2D eigenvalue weighted by Crippen LogP contribution is -2.57. The van der Waals surface area contributed by atoms with E-state index in [4.69, 9.17) is 4.42 Å². The molecule has 0 spiro atoms. The van der Waals surface area contributed by atoms with Gasteiger partial charge in [0.1, 0.15) is 5.76 Å². The molecule has 3 saturated heterocycles. The average molecular weight is 325 g/mol. The van der Waals surface area contributed by atoms with Crippen LogP contribution in [0.15, 0.2) is 40.8 Å². The summed E-state index contributed by atoms with van der Waals surface area (Å²) in [4.78, 5) is 14.9. The molecular formula is C19H23N3O2. The Bertz CT molecular complexity index is 714. The zero-order valence-electron chi connectivity index (χ0n) is 13.9. The molecule has 1 atom stereocenters. The molecule has 24 heavy (non-hydrogen) atoms. The highest BCUT2D eigenvalue weighted by Gasteiger charge is 2.35. The van der Waals surface area contributed by atoms with Crippen LogP contribution in [0.2, 0.25) is 0 Å². The summed E-state index contributed by atoms with van der Waals surface area (Å²) in [6, 6.07) is 11.8. The minimum atomic E-state index is -0.105. The van der Waals surface area contributed by atoms with Gasteiger partial charge in [0, 0.05) is 30.9 Å². The summed E-state index contributed by atoms with van der Waals surface area (Å²) in [7, 11) is 1.89. The van der Waals surface area contributed by atoms with Gasteiger partial charge in [-0.25, -0.2) is 0 Å². The highest BCUT2D eigenvalue weighted by Crippen LogP contribution is 2.28. The first-order valence-electron chi connectivity index (χ1n) is 8.64. The highest BCUT2D eigenvalue weighted by atomic mass is 16.3. The fourth-order valence-electron chi connectivity index (χ4n) is 3.78.